The van der Waals surface area contributed by atoms with Gasteiger partial charge in [-0.25, -0.2) is 0 Å². The topological polar surface area (TPSA) is 58.4 Å². The molecule has 1 aliphatic rings. The Hall–Kier alpha value is -1.10. The molecule has 1 aliphatic heterocycles. The van der Waals surface area contributed by atoms with E-state index in [0.29, 0.717) is 12.1 Å². The van der Waals surface area contributed by atoms with Gasteiger partial charge in [0.15, 0.2) is 0 Å². The summed E-state index contributed by atoms with van der Waals surface area (Å²) in [4.78, 5) is 14.5. The molecule has 1 aromatic carbocycles. The number of piperidine rings is 1. The summed E-state index contributed by atoms with van der Waals surface area (Å²) in [7, 11) is 0. The van der Waals surface area contributed by atoms with Crippen molar-refractivity contribution in [1.29, 1.82) is 0 Å². The Morgan fingerprint density at radius 1 is 1.22 bits per heavy atom. The molecule has 3 N–H and O–H groups in total. The molecule has 130 valence electrons. The van der Waals surface area contributed by atoms with Gasteiger partial charge in [-0.05, 0) is 68.9 Å². The second-order valence-electron chi connectivity index (χ2n) is 6.39. The first-order valence-electron chi connectivity index (χ1n) is 8.48. The summed E-state index contributed by atoms with van der Waals surface area (Å²) in [6.45, 7) is 7.24. The van der Waals surface area contributed by atoms with Gasteiger partial charge in [0.2, 0.25) is 0 Å². The Morgan fingerprint density at radius 3 is 2.48 bits per heavy atom. The van der Waals surface area contributed by atoms with Crippen LogP contribution in [0.2, 0.25) is 0 Å². The molecule has 1 amide bonds. The normalized spacial score (nSPS) is 15.9. The predicted octanol–water partition coefficient (Wildman–Crippen LogP) is 2.81. The Kier molecular flexibility index (Phi) is 9.22. The highest BCUT2D eigenvalue weighted by molar-refractivity contribution is 5.94. The van der Waals surface area contributed by atoms with Crippen LogP contribution in [0.5, 0.6) is 0 Å². The van der Waals surface area contributed by atoms with E-state index in [1.165, 1.54) is 25.9 Å². The lowest BCUT2D eigenvalue weighted by Crippen LogP contribution is -2.34. The lowest BCUT2D eigenvalue weighted by molar-refractivity contribution is 0.0952. The minimum atomic E-state index is 0. The van der Waals surface area contributed by atoms with Crippen molar-refractivity contribution in [2.24, 2.45) is 11.7 Å². The second-order valence-corrected chi connectivity index (χ2v) is 6.39. The van der Waals surface area contributed by atoms with E-state index in [0.717, 1.165) is 37.4 Å². The molecule has 2 rings (SSSR count). The maximum Gasteiger partial charge on any atom is 0.251 e. The SMILES string of the molecule is CC1CCN(CCCCNC(=O)c2ccc(CN)cc2)CC1.Cl. The molecular formula is C18H30ClN3O. The molecule has 0 saturated carbocycles. The van der Waals surface area contributed by atoms with Crippen molar-refractivity contribution in [1.82, 2.24) is 10.2 Å². The van der Waals surface area contributed by atoms with E-state index in [9.17, 15) is 4.79 Å². The van der Waals surface area contributed by atoms with Crippen LogP contribution in [0.3, 0.4) is 0 Å². The molecule has 1 fully saturated rings. The number of unbranched alkanes of at least 4 members (excludes halogenated alkanes) is 1. The largest absolute Gasteiger partial charge is 0.352 e. The molecule has 0 aromatic heterocycles. The Morgan fingerprint density at radius 2 is 1.87 bits per heavy atom. The average Bonchev–Trinajstić information content (AvgIpc) is 2.56. The van der Waals surface area contributed by atoms with Crippen LogP contribution in [0.15, 0.2) is 24.3 Å². The molecule has 0 radical (unpaired) electrons. The molecule has 0 atom stereocenters. The number of amides is 1. The fraction of sp³-hybridized carbons (Fsp3) is 0.611. The van der Waals surface area contributed by atoms with Crippen molar-refractivity contribution < 1.29 is 4.79 Å². The van der Waals surface area contributed by atoms with Crippen molar-refractivity contribution in [2.75, 3.05) is 26.2 Å². The number of hydrogen-bond donors (Lipinski definition) is 2. The van der Waals surface area contributed by atoms with Crippen molar-refractivity contribution in [3.05, 3.63) is 35.4 Å². The minimum absolute atomic E-state index is 0. The van der Waals surface area contributed by atoms with E-state index in [4.69, 9.17) is 5.73 Å². The van der Waals surface area contributed by atoms with E-state index >= 15 is 0 Å². The van der Waals surface area contributed by atoms with Crippen LogP contribution in [-0.4, -0.2) is 37.0 Å². The summed E-state index contributed by atoms with van der Waals surface area (Å²) in [5, 5.41) is 2.99. The zero-order chi connectivity index (χ0) is 15.8. The first-order valence-corrected chi connectivity index (χ1v) is 8.48. The lowest BCUT2D eigenvalue weighted by Gasteiger charge is -2.30. The molecule has 0 bridgehead atoms. The average molecular weight is 340 g/mol. The molecule has 0 aliphatic carbocycles. The summed E-state index contributed by atoms with van der Waals surface area (Å²) < 4.78 is 0. The summed E-state index contributed by atoms with van der Waals surface area (Å²) in [6.07, 6.45) is 4.85. The van der Waals surface area contributed by atoms with Gasteiger partial charge < -0.3 is 16.0 Å². The van der Waals surface area contributed by atoms with Gasteiger partial charge in [0, 0.05) is 18.7 Å². The molecule has 0 unspecified atom stereocenters. The first kappa shape index (κ1) is 19.9. The number of nitrogens with zero attached hydrogens (tertiary/aromatic N) is 1. The maximum atomic E-state index is 12.0. The van der Waals surface area contributed by atoms with Crippen LogP contribution >= 0.6 is 12.4 Å². The molecule has 5 heteroatoms. The predicted molar refractivity (Wildman–Crippen MR) is 98.0 cm³/mol. The fourth-order valence-corrected chi connectivity index (χ4v) is 2.84. The fourth-order valence-electron chi connectivity index (χ4n) is 2.84. The molecule has 1 aromatic rings. The third kappa shape index (κ3) is 6.90. The van der Waals surface area contributed by atoms with Crippen molar-refractivity contribution in [2.45, 2.75) is 39.2 Å². The van der Waals surface area contributed by atoms with Gasteiger partial charge in [-0.2, -0.15) is 0 Å². The van der Waals surface area contributed by atoms with Crippen LogP contribution in [0.1, 0.15) is 48.5 Å². The number of hydrogen-bond acceptors (Lipinski definition) is 3. The van der Waals surface area contributed by atoms with Crippen LogP contribution in [0.4, 0.5) is 0 Å². The lowest BCUT2D eigenvalue weighted by atomic mass is 9.99. The molecule has 1 saturated heterocycles. The number of rotatable bonds is 7. The van der Waals surface area contributed by atoms with Gasteiger partial charge in [-0.1, -0.05) is 19.1 Å². The van der Waals surface area contributed by atoms with Crippen LogP contribution in [-0.2, 0) is 6.54 Å². The van der Waals surface area contributed by atoms with E-state index in [1.54, 1.807) is 0 Å². The van der Waals surface area contributed by atoms with Crippen LogP contribution in [0, 0.1) is 5.92 Å². The number of nitrogens with one attached hydrogen (secondary N) is 1. The molecule has 1 heterocycles. The summed E-state index contributed by atoms with van der Waals surface area (Å²) in [5.74, 6) is 0.900. The Labute approximate surface area is 146 Å². The van der Waals surface area contributed by atoms with Crippen molar-refractivity contribution in [3.63, 3.8) is 0 Å². The molecule has 23 heavy (non-hydrogen) atoms. The summed E-state index contributed by atoms with van der Waals surface area (Å²) >= 11 is 0. The van der Waals surface area contributed by atoms with E-state index < -0.39 is 0 Å². The quantitative estimate of drug-likeness (QED) is 0.751. The van der Waals surface area contributed by atoms with Crippen molar-refractivity contribution >= 4 is 18.3 Å². The highest BCUT2D eigenvalue weighted by Crippen LogP contribution is 2.16. The second kappa shape index (κ2) is 10.6. The molecule has 0 spiro atoms. The Bertz CT molecular complexity index is 456. The number of likely N-dealkylation sites (tertiary alicyclic amines) is 1. The molecule has 4 nitrogen and oxygen atoms in total. The van der Waals surface area contributed by atoms with Gasteiger partial charge in [0.1, 0.15) is 0 Å². The van der Waals surface area contributed by atoms with Crippen LogP contribution < -0.4 is 11.1 Å². The molecular weight excluding hydrogens is 310 g/mol. The number of carbonyl (C=O) groups excluding carboxylic acids is 1. The number of carbonyl (C=O) groups is 1. The summed E-state index contributed by atoms with van der Waals surface area (Å²) in [5.41, 5.74) is 7.31. The minimum Gasteiger partial charge on any atom is -0.352 e. The van der Waals surface area contributed by atoms with Gasteiger partial charge in [-0.3, -0.25) is 4.79 Å². The highest BCUT2D eigenvalue weighted by Gasteiger charge is 2.14. The zero-order valence-electron chi connectivity index (χ0n) is 14.1. The van der Waals surface area contributed by atoms with E-state index in [-0.39, 0.29) is 18.3 Å². The maximum absolute atomic E-state index is 12.0. The highest BCUT2D eigenvalue weighted by atomic mass is 35.5. The van der Waals surface area contributed by atoms with E-state index in [2.05, 4.69) is 17.1 Å². The smallest absolute Gasteiger partial charge is 0.251 e. The van der Waals surface area contributed by atoms with Crippen molar-refractivity contribution in [3.8, 4) is 0 Å². The third-order valence-corrected chi connectivity index (χ3v) is 4.51. The van der Waals surface area contributed by atoms with Gasteiger partial charge in [0.25, 0.3) is 5.91 Å². The standard InChI is InChI=1S/C18H29N3O.ClH/c1-15-8-12-21(13-9-15)11-3-2-10-20-18(22)17-6-4-16(14-19)5-7-17;/h4-7,15H,2-3,8-14,19H2,1H3,(H,20,22);1H. The van der Waals surface area contributed by atoms with Gasteiger partial charge in [0.05, 0.1) is 0 Å². The van der Waals surface area contributed by atoms with E-state index in [1.807, 2.05) is 24.3 Å². The van der Waals surface area contributed by atoms with Gasteiger partial charge >= 0.3 is 0 Å². The summed E-state index contributed by atoms with van der Waals surface area (Å²) in [6, 6.07) is 7.50. The number of nitrogens with two attached hydrogens (primary N) is 1. The van der Waals surface area contributed by atoms with Gasteiger partial charge in [-0.15, -0.1) is 12.4 Å². The third-order valence-electron chi connectivity index (χ3n) is 4.51. The first-order chi connectivity index (χ1) is 10.7. The zero-order valence-corrected chi connectivity index (χ0v) is 14.9. The number of benzene rings is 1. The Balaban J connectivity index is 0.00000264. The monoisotopic (exact) mass is 339 g/mol. The van der Waals surface area contributed by atoms with Crippen LogP contribution in [0.25, 0.3) is 0 Å². The number of halogens is 1.